The first-order valence-electron chi connectivity index (χ1n) is 8.26. The van der Waals surface area contributed by atoms with Crippen molar-refractivity contribution in [2.75, 3.05) is 19.4 Å². The molecule has 0 spiro atoms. The van der Waals surface area contributed by atoms with Crippen molar-refractivity contribution in [1.82, 2.24) is 14.7 Å². The number of aryl methyl sites for hydroxylation is 1. The molecule has 3 aromatic rings. The number of fused-ring (bicyclic) bond motifs is 1. The summed E-state index contributed by atoms with van der Waals surface area (Å²) in [6.45, 7) is 4.60. The van der Waals surface area contributed by atoms with E-state index in [1.807, 2.05) is 44.2 Å². The molecule has 0 saturated carbocycles. The third kappa shape index (κ3) is 3.03. The summed E-state index contributed by atoms with van der Waals surface area (Å²) in [6, 6.07) is 9.79. The van der Waals surface area contributed by atoms with Crippen molar-refractivity contribution in [3.8, 4) is 16.9 Å². The number of pyridine rings is 1. The zero-order valence-corrected chi connectivity index (χ0v) is 14.7. The second kappa shape index (κ2) is 6.84. The van der Waals surface area contributed by atoms with E-state index in [2.05, 4.69) is 10.3 Å². The molecule has 1 amide bonds. The van der Waals surface area contributed by atoms with Crippen LogP contribution in [0.3, 0.4) is 0 Å². The minimum Gasteiger partial charge on any atom is -0.496 e. The summed E-state index contributed by atoms with van der Waals surface area (Å²) in [5.41, 5.74) is 9.93. The summed E-state index contributed by atoms with van der Waals surface area (Å²) in [7, 11) is 1.64. The number of benzene rings is 1. The van der Waals surface area contributed by atoms with Gasteiger partial charge < -0.3 is 15.8 Å². The summed E-state index contributed by atoms with van der Waals surface area (Å²) < 4.78 is 7.23. The van der Waals surface area contributed by atoms with E-state index in [4.69, 9.17) is 10.5 Å². The van der Waals surface area contributed by atoms with Crippen LogP contribution in [0, 0.1) is 6.92 Å². The molecule has 3 N–H and O–H groups in total. The number of anilines is 1. The van der Waals surface area contributed by atoms with Crippen LogP contribution in [-0.4, -0.2) is 28.9 Å². The topological polar surface area (TPSA) is 81.6 Å². The van der Waals surface area contributed by atoms with Gasteiger partial charge in [-0.25, -0.2) is 4.98 Å². The maximum atomic E-state index is 12.3. The van der Waals surface area contributed by atoms with Crippen LogP contribution < -0.4 is 15.8 Å². The molecule has 0 fully saturated rings. The Morgan fingerprint density at radius 2 is 2.12 bits per heavy atom. The van der Waals surface area contributed by atoms with Crippen LogP contribution in [-0.2, 0) is 0 Å². The zero-order valence-electron chi connectivity index (χ0n) is 14.7. The number of methoxy groups -OCH3 is 1. The van der Waals surface area contributed by atoms with Crippen molar-refractivity contribution in [2.45, 2.75) is 20.3 Å². The zero-order chi connectivity index (χ0) is 18.0. The monoisotopic (exact) mass is 338 g/mol. The number of amides is 1. The predicted octanol–water partition coefficient (Wildman–Crippen LogP) is 3.04. The first kappa shape index (κ1) is 16.8. The molecule has 2 heterocycles. The summed E-state index contributed by atoms with van der Waals surface area (Å²) in [6.07, 6.45) is 2.66. The van der Waals surface area contributed by atoms with E-state index in [0.29, 0.717) is 18.0 Å². The van der Waals surface area contributed by atoms with Gasteiger partial charge in [-0.05, 0) is 37.6 Å². The summed E-state index contributed by atoms with van der Waals surface area (Å²) in [4.78, 5) is 16.8. The standard InChI is InChI=1S/C19H22N4O2/c1-4-9-21-19(24)16-17(20)23-10-5-6-13(18(23)22-16)14-11-12(2)7-8-15(14)25-3/h5-8,10-11H,4,9,20H2,1-3H3,(H,21,24). The van der Waals surface area contributed by atoms with E-state index in [1.54, 1.807) is 17.7 Å². The molecule has 1 aromatic carbocycles. The second-order valence-corrected chi connectivity index (χ2v) is 5.92. The number of carbonyl (C=O) groups excluding carboxylic acids is 1. The van der Waals surface area contributed by atoms with Gasteiger partial charge in [0.1, 0.15) is 17.2 Å². The van der Waals surface area contributed by atoms with Crippen LogP contribution in [0.1, 0.15) is 29.4 Å². The normalized spacial score (nSPS) is 10.8. The van der Waals surface area contributed by atoms with Crippen molar-refractivity contribution in [1.29, 1.82) is 0 Å². The molecule has 0 bridgehead atoms. The second-order valence-electron chi connectivity index (χ2n) is 5.92. The molecule has 2 aromatic heterocycles. The third-order valence-corrected chi connectivity index (χ3v) is 4.08. The van der Waals surface area contributed by atoms with Crippen LogP contribution >= 0.6 is 0 Å². The summed E-state index contributed by atoms with van der Waals surface area (Å²) >= 11 is 0. The molecule has 0 atom stereocenters. The summed E-state index contributed by atoms with van der Waals surface area (Å²) in [5.74, 6) is 0.819. The SMILES string of the molecule is CCCNC(=O)c1nc2c(-c3cc(C)ccc3OC)cccn2c1N. The first-order chi connectivity index (χ1) is 12.1. The van der Waals surface area contributed by atoms with Crippen LogP contribution in [0.2, 0.25) is 0 Å². The van der Waals surface area contributed by atoms with E-state index in [9.17, 15) is 4.79 Å². The van der Waals surface area contributed by atoms with E-state index in [-0.39, 0.29) is 11.6 Å². The highest BCUT2D eigenvalue weighted by Gasteiger charge is 2.19. The minimum absolute atomic E-state index is 0.243. The Balaban J connectivity index is 2.18. The van der Waals surface area contributed by atoms with Crippen molar-refractivity contribution in [3.63, 3.8) is 0 Å². The Kier molecular flexibility index (Phi) is 4.61. The van der Waals surface area contributed by atoms with Crippen molar-refractivity contribution in [2.24, 2.45) is 0 Å². The molecule has 0 unspecified atom stereocenters. The van der Waals surface area contributed by atoms with Crippen LogP contribution in [0.5, 0.6) is 5.75 Å². The average molecular weight is 338 g/mol. The van der Waals surface area contributed by atoms with Gasteiger partial charge in [-0.2, -0.15) is 0 Å². The highest BCUT2D eigenvalue weighted by atomic mass is 16.5. The fraction of sp³-hybridized carbons (Fsp3) is 0.263. The Hall–Kier alpha value is -3.02. The number of nitrogens with one attached hydrogen (secondary N) is 1. The van der Waals surface area contributed by atoms with Crippen molar-refractivity contribution in [3.05, 3.63) is 47.8 Å². The lowest BCUT2D eigenvalue weighted by atomic mass is 10.0. The predicted molar refractivity (Wildman–Crippen MR) is 99.0 cm³/mol. The highest BCUT2D eigenvalue weighted by molar-refractivity contribution is 5.99. The van der Waals surface area contributed by atoms with Gasteiger partial charge in [0, 0.05) is 23.9 Å². The van der Waals surface area contributed by atoms with Gasteiger partial charge in [0.2, 0.25) is 0 Å². The van der Waals surface area contributed by atoms with E-state index < -0.39 is 0 Å². The number of nitrogens with zero attached hydrogens (tertiary/aromatic N) is 2. The van der Waals surface area contributed by atoms with E-state index in [0.717, 1.165) is 28.9 Å². The number of hydrogen-bond donors (Lipinski definition) is 2. The number of aromatic nitrogens is 2. The van der Waals surface area contributed by atoms with Gasteiger partial charge in [-0.1, -0.05) is 18.6 Å². The lowest BCUT2D eigenvalue weighted by molar-refractivity contribution is 0.0950. The molecule has 0 aliphatic rings. The lowest BCUT2D eigenvalue weighted by Crippen LogP contribution is -2.25. The number of rotatable bonds is 5. The molecule has 25 heavy (non-hydrogen) atoms. The van der Waals surface area contributed by atoms with Crippen molar-refractivity contribution < 1.29 is 9.53 Å². The molecule has 3 rings (SSSR count). The van der Waals surface area contributed by atoms with Crippen LogP contribution in [0.4, 0.5) is 5.82 Å². The number of ether oxygens (including phenoxy) is 1. The number of hydrogen-bond acceptors (Lipinski definition) is 4. The number of nitrogens with two attached hydrogens (primary N) is 1. The molecule has 0 radical (unpaired) electrons. The Bertz CT molecular complexity index is 931. The van der Waals surface area contributed by atoms with Crippen molar-refractivity contribution >= 4 is 17.4 Å². The molecule has 6 heteroatoms. The highest BCUT2D eigenvalue weighted by Crippen LogP contribution is 2.34. The Morgan fingerprint density at radius 1 is 1.32 bits per heavy atom. The molecule has 0 saturated heterocycles. The Labute approximate surface area is 146 Å². The number of nitrogen functional groups attached to an aromatic ring is 1. The number of carbonyl (C=O) groups is 1. The first-order valence-corrected chi connectivity index (χ1v) is 8.26. The summed E-state index contributed by atoms with van der Waals surface area (Å²) in [5, 5.41) is 2.82. The van der Waals surface area contributed by atoms with Crippen LogP contribution in [0.25, 0.3) is 16.8 Å². The van der Waals surface area contributed by atoms with Gasteiger partial charge in [-0.15, -0.1) is 0 Å². The van der Waals surface area contributed by atoms with Gasteiger partial charge in [0.25, 0.3) is 5.91 Å². The lowest BCUT2D eigenvalue weighted by Gasteiger charge is -2.10. The molecule has 130 valence electrons. The number of imidazole rings is 1. The molecule has 6 nitrogen and oxygen atoms in total. The minimum atomic E-state index is -0.259. The van der Waals surface area contributed by atoms with Gasteiger partial charge in [0.05, 0.1) is 7.11 Å². The van der Waals surface area contributed by atoms with Gasteiger partial charge in [-0.3, -0.25) is 9.20 Å². The Morgan fingerprint density at radius 3 is 2.84 bits per heavy atom. The molecular formula is C19H22N4O2. The molecule has 0 aliphatic heterocycles. The molecular weight excluding hydrogens is 316 g/mol. The van der Waals surface area contributed by atoms with E-state index >= 15 is 0 Å². The fourth-order valence-electron chi connectivity index (χ4n) is 2.82. The maximum absolute atomic E-state index is 12.3. The smallest absolute Gasteiger partial charge is 0.273 e. The molecule has 0 aliphatic carbocycles. The average Bonchev–Trinajstić information content (AvgIpc) is 2.96. The third-order valence-electron chi connectivity index (χ3n) is 4.08. The quantitative estimate of drug-likeness (QED) is 0.749. The van der Waals surface area contributed by atoms with Crippen LogP contribution in [0.15, 0.2) is 36.5 Å². The van der Waals surface area contributed by atoms with Gasteiger partial charge in [0.15, 0.2) is 5.69 Å². The largest absolute Gasteiger partial charge is 0.496 e. The maximum Gasteiger partial charge on any atom is 0.273 e. The van der Waals surface area contributed by atoms with Gasteiger partial charge >= 0.3 is 0 Å². The fourth-order valence-corrected chi connectivity index (χ4v) is 2.82. The van der Waals surface area contributed by atoms with E-state index in [1.165, 1.54) is 0 Å².